The van der Waals surface area contributed by atoms with Crippen molar-refractivity contribution in [1.82, 2.24) is 9.80 Å². The highest BCUT2D eigenvalue weighted by atomic mass is 32.1. The topological polar surface area (TPSA) is 23.6 Å². The van der Waals surface area contributed by atoms with Crippen LogP contribution in [0.25, 0.3) is 0 Å². The molecule has 108 valence electrons. The van der Waals surface area contributed by atoms with E-state index in [-0.39, 0.29) is 5.91 Å². The van der Waals surface area contributed by atoms with Crippen molar-refractivity contribution < 1.29 is 4.79 Å². The van der Waals surface area contributed by atoms with Gasteiger partial charge in [-0.15, -0.1) is 11.3 Å². The fourth-order valence-electron chi connectivity index (χ4n) is 3.81. The summed E-state index contributed by atoms with van der Waals surface area (Å²) in [6.45, 7) is 4.26. The number of carbonyl (C=O) groups is 1. The molecule has 1 aliphatic carbocycles. The van der Waals surface area contributed by atoms with Crippen LogP contribution in [0, 0.1) is 5.41 Å². The molecule has 4 heteroatoms. The van der Waals surface area contributed by atoms with Gasteiger partial charge in [-0.1, -0.05) is 0 Å². The monoisotopic (exact) mass is 290 g/mol. The molecule has 0 aromatic carbocycles. The van der Waals surface area contributed by atoms with Gasteiger partial charge in [-0.05, 0) is 57.3 Å². The zero-order valence-corrected chi connectivity index (χ0v) is 12.9. The Morgan fingerprint density at radius 3 is 2.75 bits per heavy atom. The maximum atomic E-state index is 12.6. The first-order chi connectivity index (χ1) is 9.65. The predicted octanol–water partition coefficient (Wildman–Crippen LogP) is 2.79. The van der Waals surface area contributed by atoms with Gasteiger partial charge in [0.2, 0.25) is 0 Å². The molecule has 20 heavy (non-hydrogen) atoms. The van der Waals surface area contributed by atoms with Gasteiger partial charge in [0.1, 0.15) is 0 Å². The first-order valence-corrected chi connectivity index (χ1v) is 8.54. The molecule has 3 fully saturated rings. The number of carbonyl (C=O) groups excluding carboxylic acids is 1. The minimum atomic E-state index is 0.272. The van der Waals surface area contributed by atoms with Crippen molar-refractivity contribution in [2.24, 2.45) is 5.41 Å². The highest BCUT2D eigenvalue weighted by molar-refractivity contribution is 7.14. The second-order valence-electron chi connectivity index (χ2n) is 6.94. The van der Waals surface area contributed by atoms with Gasteiger partial charge in [-0.25, -0.2) is 0 Å². The Morgan fingerprint density at radius 2 is 2.05 bits per heavy atom. The fraction of sp³-hybridized carbons (Fsp3) is 0.688. The molecule has 2 aliphatic heterocycles. The van der Waals surface area contributed by atoms with Gasteiger partial charge in [0.25, 0.3) is 5.91 Å². The van der Waals surface area contributed by atoms with Crippen LogP contribution >= 0.6 is 11.3 Å². The van der Waals surface area contributed by atoms with Crippen LogP contribution in [0.4, 0.5) is 0 Å². The van der Waals surface area contributed by atoms with Crippen molar-refractivity contribution in [2.75, 3.05) is 33.2 Å². The van der Waals surface area contributed by atoms with Crippen LogP contribution in [0.15, 0.2) is 12.1 Å². The molecule has 1 atom stereocenters. The van der Waals surface area contributed by atoms with Crippen molar-refractivity contribution in [2.45, 2.75) is 31.6 Å². The molecule has 1 spiro atoms. The minimum absolute atomic E-state index is 0.272. The molecule has 1 unspecified atom stereocenters. The van der Waals surface area contributed by atoms with E-state index in [4.69, 9.17) is 0 Å². The van der Waals surface area contributed by atoms with Crippen molar-refractivity contribution in [3.63, 3.8) is 0 Å². The SMILES string of the molecule is CN1CCC2(CCN(C(=O)c3ccc(C4CC4)s3)C2)C1. The molecule has 1 saturated carbocycles. The lowest BCUT2D eigenvalue weighted by molar-refractivity contribution is 0.0778. The highest BCUT2D eigenvalue weighted by Crippen LogP contribution is 2.44. The molecule has 3 nitrogen and oxygen atoms in total. The van der Waals surface area contributed by atoms with Gasteiger partial charge < -0.3 is 9.80 Å². The van der Waals surface area contributed by atoms with Gasteiger partial charge >= 0.3 is 0 Å². The quantitative estimate of drug-likeness (QED) is 0.836. The van der Waals surface area contributed by atoms with Crippen LogP contribution < -0.4 is 0 Å². The second kappa shape index (κ2) is 4.57. The van der Waals surface area contributed by atoms with Crippen LogP contribution in [-0.2, 0) is 0 Å². The molecular formula is C16H22N2OS. The number of thiophene rings is 1. The second-order valence-corrected chi connectivity index (χ2v) is 8.06. The Labute approximate surface area is 124 Å². The van der Waals surface area contributed by atoms with Crippen LogP contribution in [0.2, 0.25) is 0 Å². The number of nitrogens with zero attached hydrogens (tertiary/aromatic N) is 2. The smallest absolute Gasteiger partial charge is 0.263 e. The molecule has 0 bridgehead atoms. The zero-order chi connectivity index (χ0) is 13.7. The van der Waals surface area contributed by atoms with E-state index in [0.717, 1.165) is 30.4 Å². The summed E-state index contributed by atoms with van der Waals surface area (Å²) in [7, 11) is 2.19. The van der Waals surface area contributed by atoms with E-state index >= 15 is 0 Å². The van der Waals surface area contributed by atoms with E-state index in [1.165, 1.54) is 37.1 Å². The van der Waals surface area contributed by atoms with Crippen LogP contribution in [-0.4, -0.2) is 48.9 Å². The molecule has 3 aliphatic rings. The van der Waals surface area contributed by atoms with Crippen LogP contribution in [0.1, 0.15) is 46.2 Å². The summed E-state index contributed by atoms with van der Waals surface area (Å²) in [4.78, 5) is 19.5. The van der Waals surface area contributed by atoms with Crippen LogP contribution in [0.3, 0.4) is 0 Å². The third kappa shape index (κ3) is 2.19. The first-order valence-electron chi connectivity index (χ1n) is 7.73. The Kier molecular flexibility index (Phi) is 2.93. The lowest BCUT2D eigenvalue weighted by atomic mass is 9.86. The Bertz CT molecular complexity index is 536. The van der Waals surface area contributed by atoms with Crippen molar-refractivity contribution in [3.8, 4) is 0 Å². The summed E-state index contributed by atoms with van der Waals surface area (Å²) in [5.74, 6) is 1.03. The molecule has 2 saturated heterocycles. The van der Waals surface area contributed by atoms with Gasteiger partial charge in [-0.3, -0.25) is 4.79 Å². The number of rotatable bonds is 2. The average molecular weight is 290 g/mol. The van der Waals surface area contributed by atoms with Gasteiger partial charge in [0, 0.05) is 29.9 Å². The van der Waals surface area contributed by atoms with E-state index < -0.39 is 0 Å². The van der Waals surface area contributed by atoms with E-state index in [0.29, 0.717) is 5.41 Å². The summed E-state index contributed by atoms with van der Waals surface area (Å²) in [6.07, 6.45) is 5.07. The largest absolute Gasteiger partial charge is 0.337 e. The summed E-state index contributed by atoms with van der Waals surface area (Å²) in [6, 6.07) is 4.22. The average Bonchev–Trinajstić information content (AvgIpc) is 2.89. The maximum Gasteiger partial charge on any atom is 0.263 e. The van der Waals surface area contributed by atoms with Crippen molar-refractivity contribution in [3.05, 3.63) is 21.9 Å². The summed E-state index contributed by atoms with van der Waals surface area (Å²) in [5, 5.41) is 0. The van der Waals surface area contributed by atoms with Crippen LogP contribution in [0.5, 0.6) is 0 Å². The number of amides is 1. The molecule has 1 aromatic rings. The predicted molar refractivity (Wildman–Crippen MR) is 81.4 cm³/mol. The van der Waals surface area contributed by atoms with E-state index in [9.17, 15) is 4.79 Å². The summed E-state index contributed by atoms with van der Waals surface area (Å²) >= 11 is 1.73. The van der Waals surface area contributed by atoms with Gasteiger partial charge in [0.05, 0.1) is 4.88 Å². The van der Waals surface area contributed by atoms with E-state index in [1.807, 2.05) is 6.07 Å². The standard InChI is InChI=1S/C16H22N2OS/c1-17-8-6-16(10-17)7-9-18(11-16)15(19)14-5-4-13(20-14)12-2-3-12/h4-5,12H,2-3,6-11H2,1H3. The lowest BCUT2D eigenvalue weighted by Gasteiger charge is -2.23. The normalized spacial score (nSPS) is 30.6. The minimum Gasteiger partial charge on any atom is -0.337 e. The molecule has 4 rings (SSSR count). The molecular weight excluding hydrogens is 268 g/mol. The summed E-state index contributed by atoms with van der Waals surface area (Å²) in [5.41, 5.74) is 0.390. The molecule has 1 aromatic heterocycles. The Morgan fingerprint density at radius 1 is 1.25 bits per heavy atom. The van der Waals surface area contributed by atoms with Crippen molar-refractivity contribution >= 4 is 17.2 Å². The van der Waals surface area contributed by atoms with Gasteiger partial charge in [-0.2, -0.15) is 0 Å². The number of hydrogen-bond acceptors (Lipinski definition) is 3. The van der Waals surface area contributed by atoms with Gasteiger partial charge in [0.15, 0.2) is 0 Å². The van der Waals surface area contributed by atoms with E-state index in [1.54, 1.807) is 11.3 Å². The number of likely N-dealkylation sites (tertiary alicyclic amines) is 2. The third-order valence-electron chi connectivity index (χ3n) is 5.17. The molecule has 1 amide bonds. The highest BCUT2D eigenvalue weighted by Gasteiger charge is 2.44. The lowest BCUT2D eigenvalue weighted by Crippen LogP contribution is -2.33. The zero-order valence-electron chi connectivity index (χ0n) is 12.1. The van der Waals surface area contributed by atoms with Crippen molar-refractivity contribution in [1.29, 1.82) is 0 Å². The number of hydrogen-bond donors (Lipinski definition) is 0. The van der Waals surface area contributed by atoms with E-state index in [2.05, 4.69) is 22.9 Å². The maximum absolute atomic E-state index is 12.6. The molecule has 3 heterocycles. The first kappa shape index (κ1) is 12.8. The Balaban J connectivity index is 1.46. The molecule has 0 radical (unpaired) electrons. The molecule has 0 N–H and O–H groups in total. The summed E-state index contributed by atoms with van der Waals surface area (Å²) < 4.78 is 0. The third-order valence-corrected chi connectivity index (χ3v) is 6.41. The Hall–Kier alpha value is -0.870. The fourth-order valence-corrected chi connectivity index (χ4v) is 4.96.